The topological polar surface area (TPSA) is 42.9 Å². The Morgan fingerprint density at radius 2 is 2.00 bits per heavy atom. The Morgan fingerprint density at radius 1 is 1.31 bits per heavy atom. The molecule has 1 N–H and O–H groups in total. The maximum Gasteiger partial charge on any atom is 0.586 e. The van der Waals surface area contributed by atoms with Crippen molar-refractivity contribution in [3.63, 3.8) is 0 Å². The number of hydrogen-bond acceptors (Lipinski definition) is 4. The lowest BCUT2D eigenvalue weighted by atomic mass is 10.2. The zero-order valence-corrected chi connectivity index (χ0v) is 8.38. The van der Waals surface area contributed by atoms with E-state index in [1.54, 1.807) is 0 Å². The van der Waals surface area contributed by atoms with Gasteiger partial charge in [0.25, 0.3) is 0 Å². The minimum atomic E-state index is -3.58. The third-order valence-electron chi connectivity index (χ3n) is 2.37. The fourth-order valence-corrected chi connectivity index (χ4v) is 1.69. The van der Waals surface area contributed by atoms with Crippen molar-refractivity contribution in [3.8, 4) is 11.5 Å². The van der Waals surface area contributed by atoms with E-state index in [9.17, 15) is 8.78 Å². The van der Waals surface area contributed by atoms with Crippen LogP contribution in [0.25, 0.3) is 0 Å². The number of hydrogen-bond donors (Lipinski definition) is 1. The predicted molar refractivity (Wildman–Crippen MR) is 53.9 cm³/mol. The number of rotatable bonds is 0. The molecule has 0 fully saturated rings. The van der Waals surface area contributed by atoms with Crippen LogP contribution in [0.1, 0.15) is 6.92 Å². The van der Waals surface area contributed by atoms with Crippen LogP contribution in [0.5, 0.6) is 11.5 Å². The largest absolute Gasteiger partial charge is 0.586 e. The Hall–Kier alpha value is -1.85. The van der Waals surface area contributed by atoms with Crippen LogP contribution in [0.15, 0.2) is 17.1 Å². The maximum absolute atomic E-state index is 12.8. The molecular formula is C10H8F2N2O2. The number of anilines is 1. The summed E-state index contributed by atoms with van der Waals surface area (Å²) in [4.78, 5) is 4.24. The van der Waals surface area contributed by atoms with Crippen LogP contribution >= 0.6 is 0 Å². The van der Waals surface area contributed by atoms with Gasteiger partial charge in [-0.3, -0.25) is 4.99 Å². The fourth-order valence-electron chi connectivity index (χ4n) is 1.69. The molecule has 0 aromatic heterocycles. The van der Waals surface area contributed by atoms with Crippen molar-refractivity contribution >= 4 is 17.1 Å². The first-order valence-corrected chi connectivity index (χ1v) is 4.75. The van der Waals surface area contributed by atoms with Gasteiger partial charge in [-0.2, -0.15) is 0 Å². The van der Waals surface area contributed by atoms with Crippen LogP contribution in [-0.2, 0) is 0 Å². The molecule has 0 spiro atoms. The summed E-state index contributed by atoms with van der Waals surface area (Å²) < 4.78 is 34.3. The van der Waals surface area contributed by atoms with Crippen molar-refractivity contribution in [1.82, 2.24) is 0 Å². The maximum atomic E-state index is 12.8. The van der Waals surface area contributed by atoms with Crippen molar-refractivity contribution in [2.75, 3.05) is 11.9 Å². The number of benzene rings is 1. The van der Waals surface area contributed by atoms with Gasteiger partial charge in [-0.15, -0.1) is 8.78 Å². The molecule has 0 bridgehead atoms. The third kappa shape index (κ3) is 1.37. The van der Waals surface area contributed by atoms with Gasteiger partial charge >= 0.3 is 6.29 Å². The molecule has 6 heteroatoms. The van der Waals surface area contributed by atoms with Gasteiger partial charge in [0, 0.05) is 17.8 Å². The van der Waals surface area contributed by atoms with Gasteiger partial charge in [-0.1, -0.05) is 0 Å². The fraction of sp³-hybridized carbons (Fsp3) is 0.300. The Kier molecular flexibility index (Phi) is 1.66. The van der Waals surface area contributed by atoms with Gasteiger partial charge in [0.2, 0.25) is 0 Å². The van der Waals surface area contributed by atoms with E-state index >= 15 is 0 Å². The summed E-state index contributed by atoms with van der Waals surface area (Å²) in [6, 6.07) is 2.92. The molecule has 0 atom stereocenters. The second-order valence-corrected chi connectivity index (χ2v) is 3.68. The van der Waals surface area contributed by atoms with Gasteiger partial charge in [0.05, 0.1) is 17.9 Å². The highest BCUT2D eigenvalue weighted by Crippen LogP contribution is 2.46. The van der Waals surface area contributed by atoms with Crippen molar-refractivity contribution in [2.24, 2.45) is 4.99 Å². The highest BCUT2D eigenvalue weighted by molar-refractivity contribution is 5.94. The van der Waals surface area contributed by atoms with E-state index < -0.39 is 6.29 Å². The molecule has 0 saturated heterocycles. The zero-order valence-electron chi connectivity index (χ0n) is 8.38. The van der Waals surface area contributed by atoms with Crippen LogP contribution in [0.4, 0.5) is 20.2 Å². The van der Waals surface area contributed by atoms with Crippen LogP contribution in [-0.4, -0.2) is 18.6 Å². The molecule has 4 nitrogen and oxygen atoms in total. The number of fused-ring (bicyclic) bond motifs is 2. The summed E-state index contributed by atoms with van der Waals surface area (Å²) >= 11 is 0. The molecule has 1 aromatic carbocycles. The molecule has 0 saturated carbocycles. The van der Waals surface area contributed by atoms with Gasteiger partial charge in [-0.25, -0.2) is 0 Å². The molecular weight excluding hydrogens is 218 g/mol. The van der Waals surface area contributed by atoms with Crippen LogP contribution in [0, 0.1) is 0 Å². The molecule has 3 rings (SSSR count). The quantitative estimate of drug-likeness (QED) is 0.739. The minimum Gasteiger partial charge on any atom is -0.395 e. The first-order valence-electron chi connectivity index (χ1n) is 4.75. The third-order valence-corrected chi connectivity index (χ3v) is 2.37. The monoisotopic (exact) mass is 226 g/mol. The smallest absolute Gasteiger partial charge is 0.395 e. The number of ether oxygens (including phenoxy) is 2. The molecule has 0 amide bonds. The van der Waals surface area contributed by atoms with Crippen LogP contribution < -0.4 is 14.8 Å². The Labute approximate surface area is 89.9 Å². The average Bonchev–Trinajstić information content (AvgIpc) is 2.47. The summed E-state index contributed by atoms with van der Waals surface area (Å²) in [5, 5.41) is 3.06. The van der Waals surface area contributed by atoms with E-state index in [1.807, 2.05) is 6.92 Å². The summed E-state index contributed by atoms with van der Waals surface area (Å²) in [5.74, 6) is 0.0509. The Morgan fingerprint density at radius 3 is 2.75 bits per heavy atom. The van der Waals surface area contributed by atoms with E-state index in [0.717, 1.165) is 5.71 Å². The second-order valence-electron chi connectivity index (χ2n) is 3.68. The molecule has 0 radical (unpaired) electrons. The van der Waals surface area contributed by atoms with Crippen molar-refractivity contribution in [1.29, 1.82) is 0 Å². The van der Waals surface area contributed by atoms with Gasteiger partial charge in [0.15, 0.2) is 11.5 Å². The molecule has 2 aliphatic heterocycles. The predicted octanol–water partition coefficient (Wildman–Crippen LogP) is 2.53. The van der Waals surface area contributed by atoms with E-state index in [0.29, 0.717) is 17.9 Å². The second kappa shape index (κ2) is 2.84. The van der Waals surface area contributed by atoms with Gasteiger partial charge in [-0.05, 0) is 6.92 Å². The number of alkyl halides is 2. The first kappa shape index (κ1) is 9.38. The van der Waals surface area contributed by atoms with Crippen molar-refractivity contribution in [2.45, 2.75) is 13.2 Å². The molecule has 0 unspecified atom stereocenters. The minimum absolute atomic E-state index is 0.0176. The molecule has 2 aliphatic rings. The molecule has 84 valence electrons. The van der Waals surface area contributed by atoms with E-state index in [-0.39, 0.29) is 11.5 Å². The summed E-state index contributed by atoms with van der Waals surface area (Å²) in [6.45, 7) is 2.46. The highest BCUT2D eigenvalue weighted by Gasteiger charge is 2.44. The SMILES string of the molecule is CC1=Nc2cc3c(cc2NC1)OC(F)(F)O3. The first-order chi connectivity index (χ1) is 7.53. The number of nitrogens with one attached hydrogen (secondary N) is 1. The van der Waals surface area contributed by atoms with Gasteiger partial charge < -0.3 is 14.8 Å². The number of halogens is 2. The van der Waals surface area contributed by atoms with Crippen molar-refractivity contribution < 1.29 is 18.3 Å². The summed E-state index contributed by atoms with van der Waals surface area (Å²) in [7, 11) is 0. The lowest BCUT2D eigenvalue weighted by Gasteiger charge is -2.15. The average molecular weight is 226 g/mol. The van der Waals surface area contributed by atoms with Crippen LogP contribution in [0.2, 0.25) is 0 Å². The summed E-state index contributed by atoms with van der Waals surface area (Å²) in [5.41, 5.74) is 2.15. The Balaban J connectivity index is 2.09. The standard InChI is InChI=1S/C10H8F2N2O2/c1-5-4-13-6-2-8-9(3-7(6)14-5)16-10(11,12)15-8/h2-3,13H,4H2,1H3. The highest BCUT2D eigenvalue weighted by atomic mass is 19.3. The summed E-state index contributed by atoms with van der Waals surface area (Å²) in [6.07, 6.45) is -3.58. The van der Waals surface area contributed by atoms with E-state index in [4.69, 9.17) is 0 Å². The lowest BCUT2D eigenvalue weighted by molar-refractivity contribution is -0.286. The molecule has 0 aliphatic carbocycles. The number of aliphatic imine (C=N–C) groups is 1. The van der Waals surface area contributed by atoms with E-state index in [1.165, 1.54) is 12.1 Å². The Bertz CT molecular complexity index is 500. The van der Waals surface area contributed by atoms with E-state index in [2.05, 4.69) is 19.8 Å². The van der Waals surface area contributed by atoms with Crippen molar-refractivity contribution in [3.05, 3.63) is 12.1 Å². The molecule has 1 aromatic rings. The lowest BCUT2D eigenvalue weighted by Crippen LogP contribution is -2.25. The van der Waals surface area contributed by atoms with Gasteiger partial charge in [0.1, 0.15) is 0 Å². The zero-order chi connectivity index (χ0) is 11.3. The molecule has 16 heavy (non-hydrogen) atoms. The molecule has 2 heterocycles. The van der Waals surface area contributed by atoms with Crippen LogP contribution in [0.3, 0.4) is 0 Å². The number of nitrogens with zero attached hydrogens (tertiary/aromatic N) is 1. The normalized spacial score (nSPS) is 19.8.